The van der Waals surface area contributed by atoms with E-state index in [0.29, 0.717) is 60.4 Å². The number of aromatic amines is 1. The normalized spacial score (nSPS) is 20.0. The van der Waals surface area contributed by atoms with Crippen molar-refractivity contribution in [2.75, 3.05) is 33.2 Å². The zero-order valence-electron chi connectivity index (χ0n) is 26.3. The summed E-state index contributed by atoms with van der Waals surface area (Å²) >= 11 is 0. The number of benzene rings is 2. The molecule has 2 aliphatic heterocycles. The molecule has 7 rings (SSSR count). The summed E-state index contributed by atoms with van der Waals surface area (Å²) in [5, 5.41) is 10.9. The first-order chi connectivity index (χ1) is 22.4. The standard InChI is InChI=1S/C35H37F4N5O3/c1-21-13-23-5-6-26(47-32-27-17-30(34(46)7-8-34)41-33(27)40-18-29(32)36)16-25(23)20-44(21)31(45)15-22-3-4-24(28(14-22)35(37,38)39)19-43-11-9-42(2)10-12-43/h3-6,14,16-18,21,46H,7-13,15,19-20H2,1-2H3,(H,40,41)/t21-/m1/s1. The summed E-state index contributed by atoms with van der Waals surface area (Å²) in [6.07, 6.45) is -1.83. The Labute approximate surface area is 269 Å². The van der Waals surface area contributed by atoms with E-state index < -0.39 is 23.2 Å². The molecule has 4 aromatic rings. The Balaban J connectivity index is 1.08. The van der Waals surface area contributed by atoms with Crippen LogP contribution in [0.3, 0.4) is 0 Å². The molecule has 47 heavy (non-hydrogen) atoms. The van der Waals surface area contributed by atoms with E-state index in [1.165, 1.54) is 6.07 Å². The third-order valence-corrected chi connectivity index (χ3v) is 9.72. The van der Waals surface area contributed by atoms with Gasteiger partial charge in [0.05, 0.1) is 23.6 Å². The fraction of sp³-hybridized carbons (Fsp3) is 0.429. The van der Waals surface area contributed by atoms with Gasteiger partial charge in [0.15, 0.2) is 11.6 Å². The van der Waals surface area contributed by atoms with Crippen molar-refractivity contribution in [3.8, 4) is 11.5 Å². The second-order valence-corrected chi connectivity index (χ2v) is 13.3. The second kappa shape index (κ2) is 11.9. The maximum absolute atomic E-state index is 15.0. The van der Waals surface area contributed by atoms with Crippen LogP contribution < -0.4 is 4.74 Å². The molecule has 1 amide bonds. The topological polar surface area (TPSA) is 84.9 Å². The molecule has 0 radical (unpaired) electrons. The summed E-state index contributed by atoms with van der Waals surface area (Å²) in [7, 11) is 2.00. The van der Waals surface area contributed by atoms with E-state index in [2.05, 4.69) is 14.9 Å². The van der Waals surface area contributed by atoms with Crippen LogP contribution in [0, 0.1) is 5.82 Å². The van der Waals surface area contributed by atoms with Crippen LogP contribution in [0.1, 0.15) is 53.3 Å². The summed E-state index contributed by atoms with van der Waals surface area (Å²) in [6.45, 7) is 5.40. The molecular formula is C35H37F4N5O3. The molecule has 2 aromatic heterocycles. The van der Waals surface area contributed by atoms with Gasteiger partial charge < -0.3 is 24.6 Å². The summed E-state index contributed by atoms with van der Waals surface area (Å²) in [5.74, 6) is -0.568. The smallest absolute Gasteiger partial charge is 0.416 e. The van der Waals surface area contributed by atoms with Gasteiger partial charge in [0.25, 0.3) is 0 Å². The first kappa shape index (κ1) is 31.6. The Morgan fingerprint density at radius 1 is 1.09 bits per heavy atom. The third kappa shape index (κ3) is 6.46. The third-order valence-electron chi connectivity index (χ3n) is 9.72. The van der Waals surface area contributed by atoms with Gasteiger partial charge >= 0.3 is 6.18 Å². The SMILES string of the molecule is C[C@@H]1Cc2ccc(Oc3c(F)cnc4[nH]c(C5(O)CC5)cc34)cc2CN1C(=O)Cc1ccc(CN2CCN(C)CC2)c(C(F)(F)F)c1. The largest absolute Gasteiger partial charge is 0.453 e. The lowest BCUT2D eigenvalue weighted by Crippen LogP contribution is -2.44. The molecule has 2 aromatic carbocycles. The summed E-state index contributed by atoms with van der Waals surface area (Å²) < 4.78 is 63.5. The maximum Gasteiger partial charge on any atom is 0.416 e. The number of piperazine rings is 1. The van der Waals surface area contributed by atoms with E-state index in [4.69, 9.17) is 4.74 Å². The van der Waals surface area contributed by atoms with E-state index in [1.54, 1.807) is 29.2 Å². The van der Waals surface area contributed by atoms with Gasteiger partial charge in [-0.3, -0.25) is 9.69 Å². The molecule has 1 atom stereocenters. The Morgan fingerprint density at radius 2 is 1.85 bits per heavy atom. The molecule has 3 aliphatic rings. The Morgan fingerprint density at radius 3 is 2.57 bits per heavy atom. The molecule has 1 saturated carbocycles. The Hall–Kier alpha value is -4.00. The van der Waals surface area contributed by atoms with Gasteiger partial charge in [0, 0.05) is 51.0 Å². The number of alkyl halides is 3. The maximum atomic E-state index is 15.0. The molecule has 1 aliphatic carbocycles. The van der Waals surface area contributed by atoms with Crippen LogP contribution in [-0.2, 0) is 42.5 Å². The quantitative estimate of drug-likeness (QED) is 0.248. The molecule has 2 N–H and O–H groups in total. The van der Waals surface area contributed by atoms with Gasteiger partial charge in [-0.25, -0.2) is 9.37 Å². The van der Waals surface area contributed by atoms with E-state index in [0.717, 1.165) is 36.5 Å². The highest BCUT2D eigenvalue weighted by Gasteiger charge is 2.44. The van der Waals surface area contributed by atoms with Crippen molar-refractivity contribution >= 4 is 16.9 Å². The number of likely N-dealkylation sites (N-methyl/N-ethyl adjacent to an activating group) is 1. The number of ether oxygens (including phenoxy) is 1. The van der Waals surface area contributed by atoms with Crippen LogP contribution in [0.25, 0.3) is 11.0 Å². The number of carbonyl (C=O) groups is 1. The lowest BCUT2D eigenvalue weighted by atomic mass is 9.93. The van der Waals surface area contributed by atoms with E-state index in [9.17, 15) is 27.5 Å². The predicted molar refractivity (Wildman–Crippen MR) is 167 cm³/mol. The van der Waals surface area contributed by atoms with Crippen molar-refractivity contribution in [1.82, 2.24) is 24.7 Å². The van der Waals surface area contributed by atoms with Crippen LogP contribution in [-0.4, -0.2) is 74.9 Å². The number of carbonyl (C=O) groups excluding carboxylic acids is 1. The van der Waals surface area contributed by atoms with Crippen molar-refractivity contribution in [2.24, 2.45) is 0 Å². The van der Waals surface area contributed by atoms with Crippen LogP contribution >= 0.6 is 0 Å². The molecule has 0 bridgehead atoms. The average molecular weight is 652 g/mol. The summed E-state index contributed by atoms with van der Waals surface area (Å²) in [6, 6.07) is 11.2. The van der Waals surface area contributed by atoms with Crippen LogP contribution in [0.15, 0.2) is 48.7 Å². The van der Waals surface area contributed by atoms with Gasteiger partial charge in [-0.1, -0.05) is 18.2 Å². The zero-order valence-corrected chi connectivity index (χ0v) is 26.3. The monoisotopic (exact) mass is 651 g/mol. The molecule has 0 unspecified atom stereocenters. The number of aliphatic hydroxyl groups is 1. The van der Waals surface area contributed by atoms with Gasteiger partial charge in [-0.2, -0.15) is 13.2 Å². The number of hydrogen-bond donors (Lipinski definition) is 2. The highest BCUT2D eigenvalue weighted by atomic mass is 19.4. The van der Waals surface area contributed by atoms with Crippen LogP contribution in [0.5, 0.6) is 11.5 Å². The molecule has 12 heteroatoms. The van der Waals surface area contributed by atoms with Crippen molar-refractivity contribution in [3.05, 3.63) is 88.0 Å². The van der Waals surface area contributed by atoms with Crippen molar-refractivity contribution in [3.63, 3.8) is 0 Å². The first-order valence-corrected chi connectivity index (χ1v) is 16.0. The van der Waals surface area contributed by atoms with E-state index in [-0.39, 0.29) is 42.8 Å². The lowest BCUT2D eigenvalue weighted by Gasteiger charge is -2.35. The van der Waals surface area contributed by atoms with E-state index >= 15 is 0 Å². The molecule has 1 saturated heterocycles. The molecule has 0 spiro atoms. The summed E-state index contributed by atoms with van der Waals surface area (Å²) in [5.41, 5.74) is 1.69. The van der Waals surface area contributed by atoms with Gasteiger partial charge in [-0.15, -0.1) is 0 Å². The van der Waals surface area contributed by atoms with Crippen molar-refractivity contribution in [2.45, 2.75) is 63.5 Å². The number of nitrogens with zero attached hydrogens (tertiary/aromatic N) is 4. The molecule has 248 valence electrons. The minimum Gasteiger partial charge on any atom is -0.453 e. The predicted octanol–water partition coefficient (Wildman–Crippen LogP) is 5.76. The fourth-order valence-corrected chi connectivity index (χ4v) is 6.66. The molecule has 2 fully saturated rings. The Bertz CT molecular complexity index is 1830. The van der Waals surface area contributed by atoms with Crippen molar-refractivity contribution < 1.29 is 32.2 Å². The minimum atomic E-state index is -4.53. The molecule has 4 heterocycles. The fourth-order valence-electron chi connectivity index (χ4n) is 6.66. The number of nitrogens with one attached hydrogen (secondary N) is 1. The number of aromatic nitrogens is 2. The molecule has 8 nitrogen and oxygen atoms in total. The van der Waals surface area contributed by atoms with Crippen LogP contribution in [0.4, 0.5) is 17.6 Å². The number of amides is 1. The number of halogens is 4. The van der Waals surface area contributed by atoms with Gasteiger partial charge in [0.2, 0.25) is 5.91 Å². The molecular weight excluding hydrogens is 614 g/mol. The first-order valence-electron chi connectivity index (χ1n) is 16.0. The minimum absolute atomic E-state index is 0.0182. The highest BCUT2D eigenvalue weighted by molar-refractivity contribution is 5.84. The Kier molecular flexibility index (Phi) is 8.00. The van der Waals surface area contributed by atoms with E-state index in [1.807, 2.05) is 24.9 Å². The lowest BCUT2D eigenvalue weighted by molar-refractivity contribution is -0.139. The summed E-state index contributed by atoms with van der Waals surface area (Å²) in [4.78, 5) is 26.6. The van der Waals surface area contributed by atoms with Gasteiger partial charge in [-0.05, 0) is 79.8 Å². The number of pyridine rings is 1. The number of H-pyrrole nitrogens is 1. The van der Waals surface area contributed by atoms with Crippen LogP contribution in [0.2, 0.25) is 0 Å². The average Bonchev–Trinajstić information content (AvgIpc) is 3.62. The second-order valence-electron chi connectivity index (χ2n) is 13.3. The van der Waals surface area contributed by atoms with Crippen molar-refractivity contribution in [1.29, 1.82) is 0 Å². The highest BCUT2D eigenvalue weighted by Crippen LogP contribution is 2.46. The zero-order chi connectivity index (χ0) is 33.1. The number of rotatable bonds is 7. The van der Waals surface area contributed by atoms with Gasteiger partial charge in [0.1, 0.15) is 17.0 Å². The number of fused-ring (bicyclic) bond motifs is 2. The number of hydrogen-bond acceptors (Lipinski definition) is 6.